The van der Waals surface area contributed by atoms with Gasteiger partial charge in [0, 0.05) is 31.5 Å². The first kappa shape index (κ1) is 39.3. The zero-order valence-electron chi connectivity index (χ0n) is 28.5. The van der Waals surface area contributed by atoms with E-state index >= 15 is 0 Å². The van der Waals surface area contributed by atoms with E-state index in [0.717, 1.165) is 26.0 Å². The van der Waals surface area contributed by atoms with Gasteiger partial charge in [-0.15, -0.1) is 0 Å². The average Bonchev–Trinajstić information content (AvgIpc) is 3.10. The number of benzene rings is 2. The maximum absolute atomic E-state index is 14.0. The number of fused-ring (bicyclic) bond motifs is 1. The summed E-state index contributed by atoms with van der Waals surface area (Å²) in [5, 5.41) is 85.0. The molecule has 2 aliphatic heterocycles. The lowest BCUT2D eigenvalue weighted by Crippen LogP contribution is -2.65. The molecule has 20 nitrogen and oxygen atoms in total. The molecular formula is C33H38O20. The van der Waals surface area contributed by atoms with E-state index in [4.69, 9.17) is 42.3 Å². The molecule has 3 heterocycles. The van der Waals surface area contributed by atoms with Crippen molar-refractivity contribution in [3.05, 3.63) is 34.5 Å². The van der Waals surface area contributed by atoms with Gasteiger partial charge in [0.2, 0.25) is 23.2 Å². The molecule has 10 atom stereocenters. The van der Waals surface area contributed by atoms with Crippen LogP contribution in [-0.4, -0.2) is 142 Å². The molecule has 0 radical (unpaired) electrons. The molecule has 5 rings (SSSR count). The number of hydrogen-bond donors (Lipinski definition) is 8. The van der Waals surface area contributed by atoms with Crippen LogP contribution in [-0.2, 0) is 33.3 Å². The molecule has 2 aliphatic rings. The van der Waals surface area contributed by atoms with Crippen LogP contribution in [0.4, 0.5) is 0 Å². The van der Waals surface area contributed by atoms with Crippen molar-refractivity contribution in [3.63, 3.8) is 0 Å². The number of rotatable bonds is 11. The third-order valence-corrected chi connectivity index (χ3v) is 8.40. The Labute approximate surface area is 298 Å². The second-order valence-corrected chi connectivity index (χ2v) is 12.0. The molecule has 2 aromatic carbocycles. The minimum Gasteiger partial charge on any atom is -0.508 e. The third kappa shape index (κ3) is 7.89. The first-order valence-corrected chi connectivity index (χ1v) is 15.8. The molecule has 2 fully saturated rings. The van der Waals surface area contributed by atoms with Crippen molar-refractivity contribution < 1.29 is 92.8 Å². The lowest BCUT2D eigenvalue weighted by atomic mass is 9.96. The van der Waals surface area contributed by atoms with Gasteiger partial charge in [-0.25, -0.2) is 0 Å². The average molecular weight is 755 g/mol. The quantitative estimate of drug-likeness (QED) is 0.106. The highest BCUT2D eigenvalue weighted by molar-refractivity contribution is 5.88. The van der Waals surface area contributed by atoms with Gasteiger partial charge in [-0.2, -0.15) is 0 Å². The summed E-state index contributed by atoms with van der Waals surface area (Å²) in [6, 6.07) is 4.33. The summed E-state index contributed by atoms with van der Waals surface area (Å²) in [6.45, 7) is 0.600. The van der Waals surface area contributed by atoms with Crippen molar-refractivity contribution in [2.45, 2.75) is 75.3 Å². The molecule has 1 aromatic heterocycles. The second-order valence-electron chi connectivity index (χ2n) is 12.0. The van der Waals surface area contributed by atoms with Crippen molar-refractivity contribution in [3.8, 4) is 45.8 Å². The fourth-order valence-corrected chi connectivity index (χ4v) is 5.86. The Morgan fingerprint density at radius 2 is 1.43 bits per heavy atom. The number of phenolic OH excluding ortho intramolecular Hbond substituents is 3. The number of carbonyl (C=O) groups is 2. The largest absolute Gasteiger partial charge is 0.508 e. The van der Waals surface area contributed by atoms with Crippen molar-refractivity contribution >= 4 is 22.9 Å². The number of esters is 2. The summed E-state index contributed by atoms with van der Waals surface area (Å²) in [6.07, 6.45) is -18.2. The molecule has 0 saturated carbocycles. The number of aliphatic hydroxyl groups is 5. The first-order valence-electron chi connectivity index (χ1n) is 15.8. The summed E-state index contributed by atoms with van der Waals surface area (Å²) in [5.74, 6) is -4.71. The molecule has 8 N–H and O–H groups in total. The van der Waals surface area contributed by atoms with Gasteiger partial charge in [-0.1, -0.05) is 0 Å². The highest BCUT2D eigenvalue weighted by Gasteiger charge is 2.53. The second kappa shape index (κ2) is 16.0. The minimum atomic E-state index is -2.10. The Bertz CT molecular complexity index is 1850. The minimum absolute atomic E-state index is 0.0287. The van der Waals surface area contributed by atoms with Crippen molar-refractivity contribution in [2.75, 3.05) is 27.4 Å². The van der Waals surface area contributed by atoms with Gasteiger partial charge in [0.05, 0.1) is 20.8 Å². The number of carbonyl (C=O) groups excluding carboxylic acids is 2. The summed E-state index contributed by atoms with van der Waals surface area (Å²) < 4.78 is 49.2. The van der Waals surface area contributed by atoms with Crippen LogP contribution in [0.1, 0.15) is 13.8 Å². The van der Waals surface area contributed by atoms with E-state index in [1.54, 1.807) is 0 Å². The Morgan fingerprint density at radius 1 is 0.792 bits per heavy atom. The molecule has 20 heteroatoms. The van der Waals surface area contributed by atoms with Gasteiger partial charge in [0.15, 0.2) is 29.7 Å². The Hall–Kier alpha value is -4.93. The molecule has 0 amide bonds. The van der Waals surface area contributed by atoms with E-state index in [-0.39, 0.29) is 22.6 Å². The normalized spacial score (nSPS) is 28.6. The lowest BCUT2D eigenvalue weighted by Gasteiger charge is -2.46. The van der Waals surface area contributed by atoms with E-state index in [9.17, 15) is 55.2 Å². The van der Waals surface area contributed by atoms with Crippen LogP contribution in [0, 0.1) is 0 Å². The van der Waals surface area contributed by atoms with E-state index in [1.165, 1.54) is 26.4 Å². The van der Waals surface area contributed by atoms with Gasteiger partial charge in [-0.05, 0) is 12.1 Å². The van der Waals surface area contributed by atoms with Gasteiger partial charge in [0.1, 0.15) is 71.8 Å². The van der Waals surface area contributed by atoms with Crippen LogP contribution in [0.25, 0.3) is 22.3 Å². The van der Waals surface area contributed by atoms with Gasteiger partial charge in [0.25, 0.3) is 0 Å². The van der Waals surface area contributed by atoms with E-state index in [2.05, 4.69) is 0 Å². The summed E-state index contributed by atoms with van der Waals surface area (Å²) in [7, 11) is 2.46. The van der Waals surface area contributed by atoms with Crippen LogP contribution in [0.3, 0.4) is 0 Å². The standard InChI is InChI=1S/C33H38O20/c1-11(35)47-10-20-29(48-12(2)36)25(42)26(43)32(51-20)52-30-23(40)19(9-34)50-33(27(30)44)53-31-24(41)21-15(38)7-14(37)8-16(21)49-28(31)13-5-17(45-3)22(39)18(6-13)46-4/h5-8,19-20,23,25-27,29-30,32-34,37-40,42-44H,9-10H2,1-4H3/t19?,20?,23-,25+,26?,27+,29+,30?,32-,33-/m0/s1. The Balaban J connectivity index is 1.55. The number of phenols is 3. The SMILES string of the molecule is COc1cc(-c2oc3cc(O)cc(O)c3c(=O)c2O[C@@H]2OC(CO)[C@H](O)C(O[C@@H]3OC(COC(C)=O)[C@@H](OC(C)=O)[C@H](O)C3O)[C@H]2O)cc(OC)c1O. The molecule has 2 saturated heterocycles. The molecule has 4 unspecified atom stereocenters. The molecule has 0 bridgehead atoms. The van der Waals surface area contributed by atoms with Crippen molar-refractivity contribution in [1.82, 2.24) is 0 Å². The van der Waals surface area contributed by atoms with Crippen LogP contribution < -0.4 is 19.6 Å². The third-order valence-electron chi connectivity index (χ3n) is 8.40. The number of methoxy groups -OCH3 is 2. The summed E-state index contributed by atoms with van der Waals surface area (Å²) >= 11 is 0. The van der Waals surface area contributed by atoms with Gasteiger partial charge >= 0.3 is 11.9 Å². The Morgan fingerprint density at radius 3 is 2.02 bits per heavy atom. The molecule has 53 heavy (non-hydrogen) atoms. The predicted molar refractivity (Wildman–Crippen MR) is 172 cm³/mol. The molecule has 0 aliphatic carbocycles. The number of aromatic hydroxyl groups is 3. The van der Waals surface area contributed by atoms with Crippen LogP contribution in [0.2, 0.25) is 0 Å². The maximum Gasteiger partial charge on any atom is 0.303 e. The van der Waals surface area contributed by atoms with Gasteiger partial charge < -0.3 is 83.2 Å². The highest BCUT2D eigenvalue weighted by atomic mass is 16.7. The number of hydrogen-bond acceptors (Lipinski definition) is 20. The monoisotopic (exact) mass is 754 g/mol. The van der Waals surface area contributed by atoms with E-state index in [1.807, 2.05) is 0 Å². The molecular weight excluding hydrogens is 716 g/mol. The van der Waals surface area contributed by atoms with E-state index < -0.39 is 126 Å². The summed E-state index contributed by atoms with van der Waals surface area (Å²) in [4.78, 5) is 37.2. The van der Waals surface area contributed by atoms with Crippen LogP contribution in [0.5, 0.6) is 34.5 Å². The number of aliphatic hydroxyl groups excluding tert-OH is 5. The molecule has 290 valence electrons. The summed E-state index contributed by atoms with van der Waals surface area (Å²) in [5.41, 5.74) is -1.42. The van der Waals surface area contributed by atoms with Crippen molar-refractivity contribution in [2.24, 2.45) is 0 Å². The zero-order valence-corrected chi connectivity index (χ0v) is 28.5. The lowest BCUT2D eigenvalue weighted by molar-refractivity contribution is -0.353. The fraction of sp³-hybridized carbons (Fsp3) is 0.485. The number of ether oxygens (including phenoxy) is 8. The smallest absolute Gasteiger partial charge is 0.303 e. The maximum atomic E-state index is 14.0. The topological polar surface area (TPSA) is 300 Å². The van der Waals surface area contributed by atoms with Crippen LogP contribution >= 0.6 is 0 Å². The van der Waals surface area contributed by atoms with Gasteiger partial charge in [-0.3, -0.25) is 14.4 Å². The molecule has 3 aromatic rings. The van der Waals surface area contributed by atoms with Crippen molar-refractivity contribution in [1.29, 1.82) is 0 Å². The van der Waals surface area contributed by atoms with E-state index in [0.29, 0.717) is 0 Å². The fourth-order valence-electron chi connectivity index (χ4n) is 5.86. The highest BCUT2D eigenvalue weighted by Crippen LogP contribution is 2.44. The Kier molecular flexibility index (Phi) is 11.8. The predicted octanol–water partition coefficient (Wildman–Crippen LogP) is -1.26. The molecule has 0 spiro atoms. The zero-order chi connectivity index (χ0) is 38.9. The first-order chi connectivity index (χ1) is 25.1. The van der Waals surface area contributed by atoms with Crippen LogP contribution in [0.15, 0.2) is 33.5 Å².